The van der Waals surface area contributed by atoms with Gasteiger partial charge in [0, 0.05) is 11.6 Å². The third-order valence-electron chi connectivity index (χ3n) is 4.13. The predicted molar refractivity (Wildman–Crippen MR) is 110 cm³/mol. The molecule has 0 heterocycles. The summed E-state index contributed by atoms with van der Waals surface area (Å²) in [4.78, 5) is 11.7. The van der Waals surface area contributed by atoms with Gasteiger partial charge in [-0.25, -0.2) is 4.79 Å². The Morgan fingerprint density at radius 2 is 1.89 bits per heavy atom. The number of carbonyl (C=O) groups is 1. The second-order valence-corrected chi connectivity index (χ2v) is 8.08. The Labute approximate surface area is 166 Å². The summed E-state index contributed by atoms with van der Waals surface area (Å²) in [7, 11) is 0. The first-order chi connectivity index (χ1) is 12.7. The van der Waals surface area contributed by atoms with Crippen LogP contribution in [-0.2, 0) is 17.8 Å². The number of amides is 1. The lowest BCUT2D eigenvalue weighted by Gasteiger charge is -2.19. The highest BCUT2D eigenvalue weighted by molar-refractivity contribution is 6.30. The van der Waals surface area contributed by atoms with Gasteiger partial charge in [0.15, 0.2) is 0 Å². The van der Waals surface area contributed by atoms with Crippen molar-refractivity contribution in [1.29, 1.82) is 0 Å². The first kappa shape index (κ1) is 21.3. The van der Waals surface area contributed by atoms with Crippen LogP contribution in [0.4, 0.5) is 4.79 Å². The van der Waals surface area contributed by atoms with E-state index in [0.29, 0.717) is 11.6 Å². The van der Waals surface area contributed by atoms with Gasteiger partial charge in [0.1, 0.15) is 5.60 Å². The monoisotopic (exact) mass is 389 g/mol. The van der Waals surface area contributed by atoms with Gasteiger partial charge in [-0.15, -0.1) is 0 Å². The highest BCUT2D eigenvalue weighted by atomic mass is 35.5. The number of aryl methyl sites for hydroxylation is 2. The maximum absolute atomic E-state index is 11.7. The fourth-order valence-electron chi connectivity index (χ4n) is 2.89. The first-order valence-corrected chi connectivity index (χ1v) is 9.53. The molecule has 0 saturated carbocycles. The van der Waals surface area contributed by atoms with Crippen LogP contribution in [0.15, 0.2) is 36.4 Å². The van der Waals surface area contributed by atoms with Crippen LogP contribution in [0, 0.1) is 6.92 Å². The second kappa shape index (κ2) is 9.25. The molecule has 0 aliphatic rings. The lowest BCUT2D eigenvalue weighted by molar-refractivity contribution is 0.0527. The minimum atomic E-state index is -0.491. The number of nitrogens with one attached hydrogen (secondary N) is 1. The minimum Gasteiger partial charge on any atom is -0.444 e. The Morgan fingerprint density at radius 1 is 1.15 bits per heavy atom. The molecule has 0 aliphatic heterocycles. The molecule has 0 aliphatic carbocycles. The van der Waals surface area contributed by atoms with Crippen molar-refractivity contribution in [3.63, 3.8) is 0 Å². The van der Waals surface area contributed by atoms with E-state index in [-0.39, 0.29) is 6.61 Å². The SMILES string of the molecule is Cc1cc(Cl)ccc1-c1cc(CCCNC(=O)OC(C)(C)C)ccc1CO. The molecule has 0 saturated heterocycles. The number of benzene rings is 2. The summed E-state index contributed by atoms with van der Waals surface area (Å²) >= 11 is 6.07. The van der Waals surface area contributed by atoms with Crippen molar-refractivity contribution >= 4 is 17.7 Å². The van der Waals surface area contributed by atoms with E-state index < -0.39 is 11.7 Å². The average Bonchev–Trinajstić information content (AvgIpc) is 2.57. The number of rotatable bonds is 6. The molecule has 0 bridgehead atoms. The van der Waals surface area contributed by atoms with E-state index in [1.807, 2.05) is 58.0 Å². The maximum Gasteiger partial charge on any atom is 0.407 e. The summed E-state index contributed by atoms with van der Waals surface area (Å²) in [5.41, 5.74) is 4.70. The Bertz CT molecular complexity index is 797. The van der Waals surface area contributed by atoms with Crippen LogP contribution < -0.4 is 5.32 Å². The Kier molecular flexibility index (Phi) is 7.28. The van der Waals surface area contributed by atoms with Crippen LogP contribution >= 0.6 is 11.6 Å². The maximum atomic E-state index is 11.7. The number of hydrogen-bond acceptors (Lipinski definition) is 3. The molecule has 2 aromatic rings. The number of alkyl carbamates (subject to hydrolysis) is 1. The molecule has 27 heavy (non-hydrogen) atoms. The Morgan fingerprint density at radius 3 is 2.52 bits per heavy atom. The van der Waals surface area contributed by atoms with Gasteiger partial charge in [0.05, 0.1) is 6.61 Å². The van der Waals surface area contributed by atoms with Gasteiger partial charge in [0.25, 0.3) is 0 Å². The molecule has 0 unspecified atom stereocenters. The number of carbonyl (C=O) groups excluding carboxylic acids is 1. The van der Waals surface area contributed by atoms with Crippen LogP contribution in [0.5, 0.6) is 0 Å². The first-order valence-electron chi connectivity index (χ1n) is 9.15. The normalized spacial score (nSPS) is 11.3. The molecular weight excluding hydrogens is 362 g/mol. The van der Waals surface area contributed by atoms with Crippen LogP contribution in [0.3, 0.4) is 0 Å². The van der Waals surface area contributed by atoms with E-state index in [0.717, 1.165) is 40.7 Å². The molecule has 0 atom stereocenters. The van der Waals surface area contributed by atoms with Crippen LogP contribution in [0.2, 0.25) is 5.02 Å². The molecule has 146 valence electrons. The van der Waals surface area contributed by atoms with Gasteiger partial charge in [-0.3, -0.25) is 0 Å². The molecule has 0 fully saturated rings. The molecule has 1 amide bonds. The van der Waals surface area contributed by atoms with Gasteiger partial charge in [-0.2, -0.15) is 0 Å². The van der Waals surface area contributed by atoms with Gasteiger partial charge >= 0.3 is 6.09 Å². The molecule has 4 nitrogen and oxygen atoms in total. The molecular formula is C22H28ClNO3. The summed E-state index contributed by atoms with van der Waals surface area (Å²) in [6.07, 6.45) is 1.23. The fraction of sp³-hybridized carbons (Fsp3) is 0.409. The van der Waals surface area contributed by atoms with Crippen LogP contribution in [0.25, 0.3) is 11.1 Å². The lowest BCUT2D eigenvalue weighted by atomic mass is 9.93. The molecule has 2 N–H and O–H groups in total. The quantitative estimate of drug-likeness (QED) is 0.662. The molecule has 0 aromatic heterocycles. The summed E-state index contributed by atoms with van der Waals surface area (Å²) in [5, 5.41) is 13.2. The van der Waals surface area contributed by atoms with Gasteiger partial charge in [-0.05, 0) is 80.5 Å². The number of aliphatic hydroxyl groups is 1. The van der Waals surface area contributed by atoms with Crippen LogP contribution in [-0.4, -0.2) is 23.3 Å². The van der Waals surface area contributed by atoms with Crippen molar-refractivity contribution in [3.8, 4) is 11.1 Å². The van der Waals surface area contributed by atoms with Gasteiger partial charge in [-0.1, -0.05) is 35.9 Å². The van der Waals surface area contributed by atoms with E-state index in [9.17, 15) is 9.90 Å². The van der Waals surface area contributed by atoms with Crippen LogP contribution in [0.1, 0.15) is 43.9 Å². The summed E-state index contributed by atoms with van der Waals surface area (Å²) < 4.78 is 5.23. The van der Waals surface area contributed by atoms with Gasteiger partial charge < -0.3 is 15.2 Å². The topological polar surface area (TPSA) is 58.6 Å². The third kappa shape index (κ3) is 6.56. The average molecular weight is 390 g/mol. The van der Waals surface area contributed by atoms with E-state index >= 15 is 0 Å². The van der Waals surface area contributed by atoms with Crippen molar-refractivity contribution in [2.45, 2.75) is 52.7 Å². The highest BCUT2D eigenvalue weighted by Crippen LogP contribution is 2.30. The van der Waals surface area contributed by atoms with Crippen molar-refractivity contribution in [2.75, 3.05) is 6.54 Å². The largest absolute Gasteiger partial charge is 0.444 e. The molecule has 2 rings (SSSR count). The van der Waals surface area contributed by atoms with Crippen molar-refractivity contribution in [2.24, 2.45) is 0 Å². The fourth-order valence-corrected chi connectivity index (χ4v) is 3.12. The zero-order valence-corrected chi connectivity index (χ0v) is 17.2. The summed E-state index contributed by atoms with van der Waals surface area (Å²) in [5.74, 6) is 0. The standard InChI is InChI=1S/C22H28ClNO3/c1-15-12-18(23)9-10-19(15)20-13-16(7-8-17(20)14-25)6-5-11-24-21(26)27-22(2,3)4/h7-10,12-13,25H,5-6,11,14H2,1-4H3,(H,24,26). The molecule has 0 radical (unpaired) electrons. The highest BCUT2D eigenvalue weighted by Gasteiger charge is 2.15. The van der Waals surface area contributed by atoms with E-state index in [2.05, 4.69) is 11.4 Å². The van der Waals surface area contributed by atoms with Crippen molar-refractivity contribution in [3.05, 3.63) is 58.1 Å². The van der Waals surface area contributed by atoms with Crippen molar-refractivity contribution < 1.29 is 14.6 Å². The summed E-state index contributed by atoms with van der Waals surface area (Å²) in [6, 6.07) is 11.9. The summed E-state index contributed by atoms with van der Waals surface area (Å²) in [6.45, 7) is 8.07. The Hall–Kier alpha value is -2.04. The number of hydrogen-bond donors (Lipinski definition) is 2. The number of aliphatic hydroxyl groups excluding tert-OH is 1. The Balaban J connectivity index is 2.04. The zero-order valence-electron chi connectivity index (χ0n) is 16.4. The van der Waals surface area contributed by atoms with E-state index in [1.54, 1.807) is 0 Å². The second-order valence-electron chi connectivity index (χ2n) is 7.64. The third-order valence-corrected chi connectivity index (χ3v) is 4.37. The molecule has 2 aromatic carbocycles. The zero-order chi connectivity index (χ0) is 20.0. The number of halogens is 1. The number of ether oxygens (including phenoxy) is 1. The van der Waals surface area contributed by atoms with E-state index in [4.69, 9.17) is 16.3 Å². The van der Waals surface area contributed by atoms with Gasteiger partial charge in [0.2, 0.25) is 0 Å². The van der Waals surface area contributed by atoms with Crippen molar-refractivity contribution in [1.82, 2.24) is 5.32 Å². The minimum absolute atomic E-state index is 0.0160. The smallest absolute Gasteiger partial charge is 0.407 e. The molecule has 5 heteroatoms. The van der Waals surface area contributed by atoms with E-state index in [1.165, 1.54) is 0 Å². The molecule has 0 spiro atoms. The lowest BCUT2D eigenvalue weighted by Crippen LogP contribution is -2.33. The predicted octanol–water partition coefficient (Wildman–Crippen LogP) is 5.27.